The van der Waals surface area contributed by atoms with Crippen LogP contribution in [0, 0.1) is 5.92 Å². The van der Waals surface area contributed by atoms with E-state index in [-0.39, 0.29) is 5.92 Å². The molecule has 2 heterocycles. The van der Waals surface area contributed by atoms with E-state index in [1.54, 1.807) is 0 Å². The number of hydrogen-bond acceptors (Lipinski definition) is 3. The number of anilines is 1. The number of halogens is 1. The summed E-state index contributed by atoms with van der Waals surface area (Å²) in [6.45, 7) is 3.69. The fourth-order valence-corrected chi connectivity index (χ4v) is 3.65. The Morgan fingerprint density at radius 2 is 2.10 bits per heavy atom. The maximum absolute atomic E-state index is 11.0. The van der Waals surface area contributed by atoms with Gasteiger partial charge in [-0.15, -0.1) is 0 Å². The van der Waals surface area contributed by atoms with Crippen LogP contribution in [0.4, 0.5) is 5.69 Å². The zero-order valence-corrected chi connectivity index (χ0v) is 12.9. The third kappa shape index (κ3) is 2.83. The summed E-state index contributed by atoms with van der Waals surface area (Å²) in [6, 6.07) is 8.88. The van der Waals surface area contributed by atoms with Gasteiger partial charge in [0.25, 0.3) is 0 Å². The smallest absolute Gasteiger partial charge is 0.307 e. The highest BCUT2D eigenvalue weighted by Gasteiger charge is 2.35. The first kappa shape index (κ1) is 13.9. The molecule has 0 radical (unpaired) electrons. The highest BCUT2D eigenvalue weighted by Crippen LogP contribution is 2.28. The molecule has 3 rings (SSSR count). The van der Waals surface area contributed by atoms with Crippen molar-refractivity contribution in [1.29, 1.82) is 0 Å². The van der Waals surface area contributed by atoms with E-state index < -0.39 is 5.97 Å². The monoisotopic (exact) mass is 338 g/mol. The van der Waals surface area contributed by atoms with Crippen LogP contribution >= 0.6 is 15.9 Å². The average Bonchev–Trinajstić information content (AvgIpc) is 3.08. The Hall–Kier alpha value is -1.07. The Morgan fingerprint density at radius 3 is 2.80 bits per heavy atom. The highest BCUT2D eigenvalue weighted by atomic mass is 79.9. The highest BCUT2D eigenvalue weighted by molar-refractivity contribution is 9.10. The fourth-order valence-electron chi connectivity index (χ4n) is 3.27. The van der Waals surface area contributed by atoms with E-state index >= 15 is 0 Å². The minimum absolute atomic E-state index is 0.171. The molecule has 0 aromatic heterocycles. The molecule has 2 aliphatic heterocycles. The van der Waals surface area contributed by atoms with Crippen LogP contribution in [0.15, 0.2) is 28.7 Å². The summed E-state index contributed by atoms with van der Waals surface area (Å²) in [5, 5.41) is 9.09. The summed E-state index contributed by atoms with van der Waals surface area (Å²) in [6.07, 6.45) is 1.92. The van der Waals surface area contributed by atoms with Gasteiger partial charge in [-0.05, 0) is 37.6 Å². The molecule has 1 aromatic rings. The minimum atomic E-state index is -0.644. The molecule has 1 N–H and O–H groups in total. The van der Waals surface area contributed by atoms with Crippen molar-refractivity contribution in [2.24, 2.45) is 5.92 Å². The van der Waals surface area contributed by atoms with Crippen LogP contribution in [0.25, 0.3) is 0 Å². The number of benzene rings is 1. The van der Waals surface area contributed by atoms with E-state index in [9.17, 15) is 4.79 Å². The lowest BCUT2D eigenvalue weighted by molar-refractivity contribution is -0.141. The molecule has 0 amide bonds. The van der Waals surface area contributed by atoms with Crippen molar-refractivity contribution in [3.63, 3.8) is 0 Å². The number of likely N-dealkylation sites (tertiary alicyclic amines) is 1. The van der Waals surface area contributed by atoms with Crippen molar-refractivity contribution >= 4 is 27.6 Å². The number of carbonyl (C=O) groups is 1. The topological polar surface area (TPSA) is 43.8 Å². The molecule has 2 fully saturated rings. The molecule has 5 heteroatoms. The van der Waals surface area contributed by atoms with Gasteiger partial charge in [0.05, 0.1) is 5.92 Å². The van der Waals surface area contributed by atoms with Crippen LogP contribution < -0.4 is 4.90 Å². The van der Waals surface area contributed by atoms with Crippen molar-refractivity contribution < 1.29 is 9.90 Å². The summed E-state index contributed by atoms with van der Waals surface area (Å²) in [5.74, 6) is -0.815. The first-order valence-corrected chi connectivity index (χ1v) is 7.90. The maximum Gasteiger partial charge on any atom is 0.307 e. The Bertz CT molecular complexity index is 508. The van der Waals surface area contributed by atoms with Crippen LogP contribution in [0.3, 0.4) is 0 Å². The number of nitrogens with zero attached hydrogens (tertiary/aromatic N) is 2. The first-order valence-electron chi connectivity index (χ1n) is 7.11. The zero-order chi connectivity index (χ0) is 14.1. The number of carboxylic acids is 1. The average molecular weight is 339 g/mol. The number of carboxylic acid groups (broad SMARTS) is 1. The van der Waals surface area contributed by atoms with Crippen LogP contribution in [-0.2, 0) is 4.79 Å². The third-order valence-electron chi connectivity index (χ3n) is 4.42. The van der Waals surface area contributed by atoms with Crippen LogP contribution in [0.2, 0.25) is 0 Å². The second-order valence-corrected chi connectivity index (χ2v) is 6.60. The van der Waals surface area contributed by atoms with Crippen LogP contribution in [-0.4, -0.2) is 48.2 Å². The van der Waals surface area contributed by atoms with Gasteiger partial charge in [0.2, 0.25) is 0 Å². The molecule has 20 heavy (non-hydrogen) atoms. The Balaban J connectivity index is 1.61. The zero-order valence-electron chi connectivity index (χ0n) is 11.3. The van der Waals surface area contributed by atoms with Gasteiger partial charge >= 0.3 is 5.97 Å². The SMILES string of the molecule is O=C(O)C1CCN(C2CCN(c3cccc(Br)c3)C2)C1. The number of aliphatic carboxylic acids is 1. The second-order valence-electron chi connectivity index (χ2n) is 5.69. The summed E-state index contributed by atoms with van der Waals surface area (Å²) in [7, 11) is 0. The molecule has 108 valence electrons. The predicted octanol–water partition coefficient (Wildman–Crippen LogP) is 2.43. The van der Waals surface area contributed by atoms with Crippen LogP contribution in [0.5, 0.6) is 0 Å². The molecule has 2 unspecified atom stereocenters. The molecule has 0 saturated carbocycles. The van der Waals surface area contributed by atoms with E-state index in [1.165, 1.54) is 5.69 Å². The van der Waals surface area contributed by atoms with Gasteiger partial charge in [-0.2, -0.15) is 0 Å². The summed E-state index contributed by atoms with van der Waals surface area (Å²) in [5.41, 5.74) is 1.25. The number of hydrogen-bond donors (Lipinski definition) is 1. The van der Waals surface area contributed by atoms with Crippen molar-refractivity contribution in [3.05, 3.63) is 28.7 Å². The Morgan fingerprint density at radius 1 is 1.25 bits per heavy atom. The third-order valence-corrected chi connectivity index (χ3v) is 4.92. The molecule has 4 nitrogen and oxygen atoms in total. The van der Waals surface area contributed by atoms with Crippen molar-refractivity contribution in [3.8, 4) is 0 Å². The van der Waals surface area contributed by atoms with E-state index in [0.29, 0.717) is 12.6 Å². The summed E-state index contributed by atoms with van der Waals surface area (Å²) < 4.78 is 1.10. The molecule has 2 saturated heterocycles. The predicted molar refractivity (Wildman–Crippen MR) is 82.1 cm³/mol. The molecular formula is C15H19BrN2O2. The normalized spacial score (nSPS) is 27.1. The largest absolute Gasteiger partial charge is 0.481 e. The molecule has 0 bridgehead atoms. The van der Waals surface area contributed by atoms with Gasteiger partial charge in [0, 0.05) is 35.8 Å². The molecule has 0 aliphatic carbocycles. The van der Waals surface area contributed by atoms with Crippen LogP contribution in [0.1, 0.15) is 12.8 Å². The van der Waals surface area contributed by atoms with E-state index in [4.69, 9.17) is 5.11 Å². The number of rotatable bonds is 3. The van der Waals surface area contributed by atoms with Gasteiger partial charge < -0.3 is 10.0 Å². The van der Waals surface area contributed by atoms with Crippen molar-refractivity contribution in [2.75, 3.05) is 31.1 Å². The van der Waals surface area contributed by atoms with Gasteiger partial charge in [-0.1, -0.05) is 22.0 Å². The van der Waals surface area contributed by atoms with Gasteiger partial charge in [-0.25, -0.2) is 0 Å². The molecule has 2 atom stereocenters. The molecule has 0 spiro atoms. The second kappa shape index (κ2) is 5.74. The molecular weight excluding hydrogens is 320 g/mol. The fraction of sp³-hybridized carbons (Fsp3) is 0.533. The molecule has 2 aliphatic rings. The Kier molecular flexibility index (Phi) is 3.98. The minimum Gasteiger partial charge on any atom is -0.481 e. The van der Waals surface area contributed by atoms with Gasteiger partial charge in [-0.3, -0.25) is 9.69 Å². The summed E-state index contributed by atoms with van der Waals surface area (Å²) in [4.78, 5) is 15.8. The van der Waals surface area contributed by atoms with Crippen molar-refractivity contribution in [2.45, 2.75) is 18.9 Å². The quantitative estimate of drug-likeness (QED) is 0.919. The standard InChI is InChI=1S/C15H19BrN2O2/c16-12-2-1-3-13(8-12)18-7-5-14(10-18)17-6-4-11(9-17)15(19)20/h1-3,8,11,14H,4-7,9-10H2,(H,19,20). The summed E-state index contributed by atoms with van der Waals surface area (Å²) >= 11 is 3.51. The lowest BCUT2D eigenvalue weighted by atomic mass is 10.1. The lowest BCUT2D eigenvalue weighted by Crippen LogP contribution is -2.36. The lowest BCUT2D eigenvalue weighted by Gasteiger charge is -2.24. The van der Waals surface area contributed by atoms with Gasteiger partial charge in [0.15, 0.2) is 0 Å². The Labute approximate surface area is 127 Å². The van der Waals surface area contributed by atoms with E-state index in [2.05, 4.69) is 43.9 Å². The van der Waals surface area contributed by atoms with Gasteiger partial charge in [0.1, 0.15) is 0 Å². The first-order chi connectivity index (χ1) is 9.63. The van der Waals surface area contributed by atoms with Crippen molar-refractivity contribution in [1.82, 2.24) is 4.90 Å². The van der Waals surface area contributed by atoms with E-state index in [1.807, 2.05) is 6.07 Å². The maximum atomic E-state index is 11.0. The van der Waals surface area contributed by atoms with E-state index in [0.717, 1.165) is 36.9 Å². The molecule has 1 aromatic carbocycles.